The van der Waals surface area contributed by atoms with Crippen LogP contribution in [0.1, 0.15) is 38.3 Å². The van der Waals surface area contributed by atoms with Gasteiger partial charge in [-0.25, -0.2) is 8.42 Å². The van der Waals surface area contributed by atoms with Crippen LogP contribution in [0.2, 0.25) is 0 Å². The molecule has 1 aliphatic rings. The molecule has 0 aromatic heterocycles. The molecule has 0 radical (unpaired) electrons. The van der Waals surface area contributed by atoms with Crippen LogP contribution in [0, 0.1) is 0 Å². The van der Waals surface area contributed by atoms with E-state index >= 15 is 0 Å². The number of nitrogens with zero attached hydrogens (tertiary/aromatic N) is 1. The van der Waals surface area contributed by atoms with Gasteiger partial charge in [-0.1, -0.05) is 6.07 Å². The molecule has 0 spiro atoms. The van der Waals surface area contributed by atoms with Crippen molar-refractivity contribution in [3.63, 3.8) is 0 Å². The number of carbonyl (C=O) groups excluding carboxylic acids is 1. The molecule has 1 amide bonds. The second kappa shape index (κ2) is 9.57. The topological polar surface area (TPSA) is 94.2 Å². The number of sulfonamides is 1. The second-order valence-corrected chi connectivity index (χ2v) is 9.02. The molecule has 1 atom stereocenters. The third-order valence-electron chi connectivity index (χ3n) is 5.15. The van der Waals surface area contributed by atoms with Gasteiger partial charge in [-0.2, -0.15) is 4.31 Å². The van der Waals surface area contributed by atoms with E-state index in [-0.39, 0.29) is 22.6 Å². The summed E-state index contributed by atoms with van der Waals surface area (Å²) in [6.45, 7) is 3.87. The molecule has 2 aromatic rings. The molecule has 3 rings (SSSR count). The third kappa shape index (κ3) is 4.77. The molecule has 1 heterocycles. The van der Waals surface area contributed by atoms with Gasteiger partial charge in [0.25, 0.3) is 0 Å². The smallest absolute Gasteiger partial charge is 0.247 e. The number of hydrogen-bond donors (Lipinski definition) is 1. The lowest BCUT2D eigenvalue weighted by Gasteiger charge is -2.26. The van der Waals surface area contributed by atoms with Gasteiger partial charge in [-0.3, -0.25) is 4.79 Å². The molecule has 2 aromatic carbocycles. The zero-order valence-corrected chi connectivity index (χ0v) is 19.0. The fraction of sp³-hybridized carbons (Fsp3) is 0.409. The van der Waals surface area contributed by atoms with Crippen molar-refractivity contribution in [3.05, 3.63) is 42.0 Å². The molecule has 8 nitrogen and oxygen atoms in total. The molecule has 0 bridgehead atoms. The number of anilines is 1. The van der Waals surface area contributed by atoms with Crippen LogP contribution in [0.5, 0.6) is 17.2 Å². The minimum absolute atomic E-state index is 0.0352. The number of hydrogen-bond acceptors (Lipinski definition) is 6. The maximum atomic E-state index is 13.7. The molecule has 1 fully saturated rings. The highest BCUT2D eigenvalue weighted by molar-refractivity contribution is 7.89. The highest BCUT2D eigenvalue weighted by atomic mass is 32.2. The van der Waals surface area contributed by atoms with Crippen molar-refractivity contribution in [1.82, 2.24) is 4.31 Å². The van der Waals surface area contributed by atoms with Gasteiger partial charge in [0.15, 0.2) is 11.5 Å². The van der Waals surface area contributed by atoms with E-state index < -0.39 is 10.0 Å². The van der Waals surface area contributed by atoms with E-state index in [0.717, 1.165) is 12.0 Å². The lowest BCUT2D eigenvalue weighted by atomic mass is 10.0. The summed E-state index contributed by atoms with van der Waals surface area (Å²) in [6.07, 6.45) is 1.41. The van der Waals surface area contributed by atoms with Gasteiger partial charge >= 0.3 is 0 Å². The zero-order chi connectivity index (χ0) is 22.6. The Balaban J connectivity index is 2.03. The molecule has 0 aliphatic carbocycles. The number of ether oxygens (including phenoxy) is 3. The Hall–Kier alpha value is -2.78. The van der Waals surface area contributed by atoms with Crippen LogP contribution in [-0.4, -0.2) is 46.0 Å². The lowest BCUT2D eigenvalue weighted by molar-refractivity contribution is -0.114. The van der Waals surface area contributed by atoms with Gasteiger partial charge in [-0.15, -0.1) is 0 Å². The summed E-state index contributed by atoms with van der Waals surface area (Å²) in [5, 5.41) is 2.64. The molecule has 1 unspecified atom stereocenters. The molecular weight excluding hydrogens is 420 g/mol. The number of benzene rings is 2. The largest absolute Gasteiger partial charge is 0.493 e. The molecule has 1 N–H and O–H groups in total. The normalized spacial score (nSPS) is 16.7. The zero-order valence-electron chi connectivity index (χ0n) is 18.2. The van der Waals surface area contributed by atoms with Crippen LogP contribution >= 0.6 is 0 Å². The maximum Gasteiger partial charge on any atom is 0.247 e. The lowest BCUT2D eigenvalue weighted by Crippen LogP contribution is -2.31. The van der Waals surface area contributed by atoms with Crippen molar-refractivity contribution in [2.24, 2.45) is 0 Å². The summed E-state index contributed by atoms with van der Waals surface area (Å²) in [4.78, 5) is 11.5. The minimum Gasteiger partial charge on any atom is -0.493 e. The molecule has 1 saturated heterocycles. The Morgan fingerprint density at radius 1 is 1.10 bits per heavy atom. The third-order valence-corrected chi connectivity index (χ3v) is 7.08. The Labute approximate surface area is 183 Å². The first-order valence-electron chi connectivity index (χ1n) is 10.1. The van der Waals surface area contributed by atoms with Crippen molar-refractivity contribution < 1.29 is 27.4 Å². The monoisotopic (exact) mass is 448 g/mol. The van der Waals surface area contributed by atoms with Gasteiger partial charge in [-0.05, 0) is 55.7 Å². The van der Waals surface area contributed by atoms with Crippen molar-refractivity contribution in [2.45, 2.75) is 37.6 Å². The summed E-state index contributed by atoms with van der Waals surface area (Å²) < 4.78 is 45.2. The van der Waals surface area contributed by atoms with Gasteiger partial charge in [0, 0.05) is 19.2 Å². The van der Waals surface area contributed by atoms with Crippen molar-refractivity contribution >= 4 is 21.6 Å². The molecule has 168 valence electrons. The summed E-state index contributed by atoms with van der Waals surface area (Å²) in [5.41, 5.74) is 1.23. The summed E-state index contributed by atoms with van der Waals surface area (Å²) >= 11 is 0. The number of nitrogens with one attached hydrogen (secondary N) is 1. The van der Waals surface area contributed by atoms with Crippen LogP contribution < -0.4 is 19.5 Å². The van der Waals surface area contributed by atoms with E-state index in [1.165, 1.54) is 17.3 Å². The van der Waals surface area contributed by atoms with Gasteiger partial charge in [0.1, 0.15) is 10.6 Å². The van der Waals surface area contributed by atoms with Crippen LogP contribution in [0.25, 0.3) is 0 Å². The molecule has 9 heteroatoms. The number of rotatable bonds is 8. The van der Waals surface area contributed by atoms with Gasteiger partial charge < -0.3 is 19.5 Å². The summed E-state index contributed by atoms with van der Waals surface area (Å²) in [5.74, 6) is 1.11. The van der Waals surface area contributed by atoms with E-state index in [0.29, 0.717) is 36.8 Å². The predicted molar refractivity (Wildman–Crippen MR) is 117 cm³/mol. The second-order valence-electron chi connectivity index (χ2n) is 7.16. The molecule has 1 aliphatic heterocycles. The van der Waals surface area contributed by atoms with Crippen LogP contribution in [-0.2, 0) is 14.8 Å². The van der Waals surface area contributed by atoms with E-state index in [2.05, 4.69) is 5.32 Å². The van der Waals surface area contributed by atoms with Crippen LogP contribution in [0.3, 0.4) is 0 Å². The Morgan fingerprint density at radius 3 is 2.45 bits per heavy atom. The molecule has 31 heavy (non-hydrogen) atoms. The van der Waals surface area contributed by atoms with Gasteiger partial charge in [0.2, 0.25) is 15.9 Å². The average molecular weight is 449 g/mol. The molecule has 0 saturated carbocycles. The number of amides is 1. The quantitative estimate of drug-likeness (QED) is 0.663. The summed E-state index contributed by atoms with van der Waals surface area (Å²) in [7, 11) is -0.792. The predicted octanol–water partition coefficient (Wildman–Crippen LogP) is 3.59. The minimum atomic E-state index is -3.90. The van der Waals surface area contributed by atoms with Crippen LogP contribution in [0.4, 0.5) is 5.69 Å². The van der Waals surface area contributed by atoms with Crippen LogP contribution in [0.15, 0.2) is 41.3 Å². The van der Waals surface area contributed by atoms with E-state index in [1.807, 2.05) is 12.1 Å². The highest BCUT2D eigenvalue weighted by Gasteiger charge is 2.38. The standard InChI is InChI=1S/C22H28N2O6S/c1-5-30-20-11-9-17(23-15(2)25)14-22(20)31(26,27)24-12-6-7-18(24)16-8-10-19(28-3)21(13-16)29-4/h8-11,13-14,18H,5-7,12H2,1-4H3,(H,23,25). The Kier molecular flexibility index (Phi) is 7.07. The van der Waals surface area contributed by atoms with Crippen molar-refractivity contribution in [1.29, 1.82) is 0 Å². The summed E-state index contributed by atoms with van der Waals surface area (Å²) in [6, 6.07) is 9.76. The molecular formula is C22H28N2O6S. The average Bonchev–Trinajstić information content (AvgIpc) is 3.25. The SMILES string of the molecule is CCOc1ccc(NC(C)=O)cc1S(=O)(=O)N1CCCC1c1ccc(OC)c(OC)c1. The van der Waals surface area contributed by atoms with E-state index in [1.54, 1.807) is 39.3 Å². The van der Waals surface area contributed by atoms with E-state index in [4.69, 9.17) is 14.2 Å². The fourth-order valence-electron chi connectivity index (χ4n) is 3.81. The fourth-order valence-corrected chi connectivity index (χ4v) is 5.65. The Bertz CT molecular complexity index is 1050. The highest BCUT2D eigenvalue weighted by Crippen LogP contribution is 2.41. The van der Waals surface area contributed by atoms with Crippen molar-refractivity contribution in [2.75, 3.05) is 32.7 Å². The van der Waals surface area contributed by atoms with Gasteiger partial charge in [0.05, 0.1) is 26.9 Å². The first-order chi connectivity index (χ1) is 14.8. The van der Waals surface area contributed by atoms with E-state index in [9.17, 15) is 13.2 Å². The maximum absolute atomic E-state index is 13.7. The van der Waals surface area contributed by atoms with Crippen molar-refractivity contribution in [3.8, 4) is 17.2 Å². The first kappa shape index (κ1) is 22.9. The first-order valence-corrected chi connectivity index (χ1v) is 11.5. The number of methoxy groups -OCH3 is 2. The Morgan fingerprint density at radius 2 is 1.81 bits per heavy atom. The number of carbonyl (C=O) groups is 1.